The molecule has 0 aliphatic heterocycles. The Balaban J connectivity index is 2.82. The van der Waals surface area contributed by atoms with Gasteiger partial charge in [-0.15, -0.1) is 0 Å². The van der Waals surface area contributed by atoms with E-state index < -0.39 is 57.6 Å². The molecule has 0 aliphatic carbocycles. The van der Waals surface area contributed by atoms with Gasteiger partial charge >= 0.3 is 23.9 Å². The maximum Gasteiger partial charge on any atom is 0.337 e. The van der Waals surface area contributed by atoms with Gasteiger partial charge in [0.15, 0.2) is 0 Å². The number of aryl methyl sites for hydroxylation is 2. The average molecular weight is 401 g/mol. The summed E-state index contributed by atoms with van der Waals surface area (Å²) in [5.41, 5.74) is -3.79. The number of carboxylic acid groups (broad SMARTS) is 4. The van der Waals surface area contributed by atoms with Crippen molar-refractivity contribution in [3.05, 3.63) is 63.2 Å². The Kier molecular flexibility index (Phi) is 5.68. The molecular weight excluding hydrogens is 386 g/mol. The van der Waals surface area contributed by atoms with Crippen molar-refractivity contribution in [1.82, 2.24) is 0 Å². The summed E-state index contributed by atoms with van der Waals surface area (Å²) in [4.78, 5) is 59.0. The molecule has 2 aromatic rings. The molecule has 150 valence electrons. The first kappa shape index (κ1) is 21.1. The number of carboxylic acids is 4. The molecule has 10 heteroatoms. The van der Waals surface area contributed by atoms with Crippen molar-refractivity contribution in [2.45, 2.75) is 13.8 Å². The lowest BCUT2D eigenvalue weighted by Gasteiger charge is -2.15. The molecular formula is C19H15NO9. The van der Waals surface area contributed by atoms with Crippen molar-refractivity contribution in [2.24, 2.45) is 0 Å². The SMILES string of the molecule is Cc1ccc(C)c(NC(=O)c2cc(C(=O)O)c(C(=O)O)c(C(=O)O)c2C(=O)O)c1. The molecule has 0 bridgehead atoms. The minimum Gasteiger partial charge on any atom is -0.478 e. The second-order valence-electron chi connectivity index (χ2n) is 6.09. The highest BCUT2D eigenvalue weighted by Crippen LogP contribution is 2.26. The molecule has 0 unspecified atom stereocenters. The molecule has 0 saturated carbocycles. The Bertz CT molecular complexity index is 1090. The molecule has 0 aromatic heterocycles. The summed E-state index contributed by atoms with van der Waals surface area (Å²) in [6.45, 7) is 3.40. The van der Waals surface area contributed by atoms with Crippen LogP contribution in [0.3, 0.4) is 0 Å². The van der Waals surface area contributed by atoms with E-state index in [1.807, 2.05) is 0 Å². The molecule has 2 rings (SSSR count). The van der Waals surface area contributed by atoms with Crippen LogP contribution in [-0.2, 0) is 0 Å². The summed E-state index contributed by atoms with van der Waals surface area (Å²) in [5.74, 6) is -8.78. The van der Waals surface area contributed by atoms with Gasteiger partial charge in [0.25, 0.3) is 5.91 Å². The van der Waals surface area contributed by atoms with Gasteiger partial charge in [-0.3, -0.25) is 4.79 Å². The number of hydrogen-bond acceptors (Lipinski definition) is 5. The van der Waals surface area contributed by atoms with Crippen LogP contribution in [0.15, 0.2) is 24.3 Å². The minimum absolute atomic E-state index is 0.294. The van der Waals surface area contributed by atoms with Gasteiger partial charge in [0.05, 0.1) is 27.8 Å². The number of amides is 1. The van der Waals surface area contributed by atoms with Gasteiger partial charge in [-0.25, -0.2) is 19.2 Å². The van der Waals surface area contributed by atoms with Gasteiger partial charge in [0, 0.05) is 5.69 Å². The normalized spacial score (nSPS) is 10.3. The molecule has 0 fully saturated rings. The Morgan fingerprint density at radius 3 is 1.69 bits per heavy atom. The molecule has 1 amide bonds. The lowest BCUT2D eigenvalue weighted by Crippen LogP contribution is -2.25. The fourth-order valence-corrected chi connectivity index (χ4v) is 2.75. The Labute approximate surface area is 163 Å². The third kappa shape index (κ3) is 4.05. The molecule has 0 saturated heterocycles. The van der Waals surface area contributed by atoms with E-state index in [0.717, 1.165) is 5.56 Å². The maximum absolute atomic E-state index is 12.7. The lowest BCUT2D eigenvalue weighted by atomic mass is 9.90. The number of rotatable bonds is 6. The third-order valence-electron chi connectivity index (χ3n) is 4.09. The standard InChI is InChI=1S/C19H15NO9/c1-7-3-4-8(2)11(5-7)20-15(21)9-6-10(16(22)23)13(18(26)27)14(19(28)29)12(9)17(24)25/h3-6H,1-2H3,(H,20,21)(H,22,23)(H,24,25)(H,26,27)(H,28,29). The van der Waals surface area contributed by atoms with Crippen LogP contribution in [0, 0.1) is 13.8 Å². The van der Waals surface area contributed by atoms with Crippen molar-refractivity contribution in [2.75, 3.05) is 5.32 Å². The molecule has 0 heterocycles. The van der Waals surface area contributed by atoms with Crippen molar-refractivity contribution in [3.8, 4) is 0 Å². The summed E-state index contributed by atoms with van der Waals surface area (Å²) >= 11 is 0. The topological polar surface area (TPSA) is 178 Å². The van der Waals surface area contributed by atoms with Crippen molar-refractivity contribution in [3.63, 3.8) is 0 Å². The number of benzene rings is 2. The smallest absolute Gasteiger partial charge is 0.337 e. The molecule has 29 heavy (non-hydrogen) atoms. The van der Waals surface area contributed by atoms with Crippen molar-refractivity contribution >= 4 is 35.5 Å². The molecule has 0 radical (unpaired) electrons. The van der Waals surface area contributed by atoms with E-state index in [4.69, 9.17) is 0 Å². The van der Waals surface area contributed by atoms with Crippen LogP contribution in [0.25, 0.3) is 0 Å². The van der Waals surface area contributed by atoms with Crippen LogP contribution >= 0.6 is 0 Å². The molecule has 5 N–H and O–H groups in total. The van der Waals surface area contributed by atoms with E-state index in [9.17, 15) is 44.4 Å². The first-order valence-electron chi connectivity index (χ1n) is 7.98. The van der Waals surface area contributed by atoms with E-state index in [2.05, 4.69) is 5.32 Å². The Hall–Kier alpha value is -4.21. The number of nitrogens with one attached hydrogen (secondary N) is 1. The first-order chi connectivity index (χ1) is 13.5. The summed E-state index contributed by atoms with van der Waals surface area (Å²) in [6, 6.07) is 5.57. The van der Waals surface area contributed by atoms with Gasteiger partial charge in [0.2, 0.25) is 0 Å². The number of carbonyl (C=O) groups is 5. The summed E-state index contributed by atoms with van der Waals surface area (Å²) < 4.78 is 0. The van der Waals surface area contributed by atoms with Crippen molar-refractivity contribution < 1.29 is 44.4 Å². The number of anilines is 1. The predicted octanol–water partition coefficient (Wildman–Crippen LogP) is 2.35. The Morgan fingerprint density at radius 1 is 0.690 bits per heavy atom. The summed E-state index contributed by atoms with van der Waals surface area (Å²) in [5, 5.41) is 39.8. The maximum atomic E-state index is 12.7. The number of hydrogen-bond donors (Lipinski definition) is 5. The monoisotopic (exact) mass is 401 g/mol. The Morgan fingerprint density at radius 2 is 1.21 bits per heavy atom. The first-order valence-corrected chi connectivity index (χ1v) is 7.98. The van der Waals surface area contributed by atoms with E-state index in [1.54, 1.807) is 32.0 Å². The van der Waals surface area contributed by atoms with Crippen LogP contribution in [0.1, 0.15) is 62.9 Å². The highest BCUT2D eigenvalue weighted by Gasteiger charge is 2.34. The summed E-state index contributed by atoms with van der Waals surface area (Å²) in [6.07, 6.45) is 0. The second kappa shape index (κ2) is 7.80. The van der Waals surface area contributed by atoms with E-state index >= 15 is 0 Å². The van der Waals surface area contributed by atoms with Crippen LogP contribution in [0.2, 0.25) is 0 Å². The number of aromatic carboxylic acids is 4. The quantitative estimate of drug-likeness (QED) is 0.486. The predicted molar refractivity (Wildman–Crippen MR) is 98.1 cm³/mol. The lowest BCUT2D eigenvalue weighted by molar-refractivity contribution is 0.0618. The fourth-order valence-electron chi connectivity index (χ4n) is 2.75. The second-order valence-corrected chi connectivity index (χ2v) is 6.09. The van der Waals surface area contributed by atoms with Gasteiger partial charge in [-0.1, -0.05) is 12.1 Å². The molecule has 0 spiro atoms. The van der Waals surface area contributed by atoms with E-state index in [-0.39, 0.29) is 0 Å². The van der Waals surface area contributed by atoms with Crippen LogP contribution in [0.5, 0.6) is 0 Å². The zero-order valence-corrected chi connectivity index (χ0v) is 15.1. The molecule has 0 aliphatic rings. The molecule has 10 nitrogen and oxygen atoms in total. The highest BCUT2D eigenvalue weighted by molar-refractivity contribution is 6.20. The van der Waals surface area contributed by atoms with Gasteiger partial charge in [-0.05, 0) is 37.1 Å². The van der Waals surface area contributed by atoms with Crippen LogP contribution in [-0.4, -0.2) is 50.2 Å². The van der Waals surface area contributed by atoms with Crippen LogP contribution in [0.4, 0.5) is 5.69 Å². The van der Waals surface area contributed by atoms with E-state index in [0.29, 0.717) is 17.3 Å². The molecule has 0 atom stereocenters. The molecule has 2 aromatic carbocycles. The zero-order valence-electron chi connectivity index (χ0n) is 15.1. The third-order valence-corrected chi connectivity index (χ3v) is 4.09. The number of carbonyl (C=O) groups excluding carboxylic acids is 1. The van der Waals surface area contributed by atoms with Crippen molar-refractivity contribution in [1.29, 1.82) is 0 Å². The van der Waals surface area contributed by atoms with Crippen LogP contribution < -0.4 is 5.32 Å². The average Bonchev–Trinajstić information content (AvgIpc) is 2.62. The summed E-state index contributed by atoms with van der Waals surface area (Å²) in [7, 11) is 0. The highest BCUT2D eigenvalue weighted by atomic mass is 16.4. The fraction of sp³-hybridized carbons (Fsp3) is 0.105. The van der Waals surface area contributed by atoms with Gasteiger partial charge in [0.1, 0.15) is 0 Å². The zero-order chi connectivity index (χ0) is 22.0. The minimum atomic E-state index is -2.00. The van der Waals surface area contributed by atoms with Gasteiger partial charge < -0.3 is 25.7 Å². The largest absolute Gasteiger partial charge is 0.478 e. The van der Waals surface area contributed by atoms with E-state index in [1.165, 1.54) is 0 Å². The van der Waals surface area contributed by atoms with Gasteiger partial charge in [-0.2, -0.15) is 0 Å².